The van der Waals surface area contributed by atoms with Crippen LogP contribution in [0, 0.1) is 0 Å². The minimum Gasteiger partial charge on any atom is -0.220 e. The molecule has 1 aromatic heterocycles. The zero-order valence-corrected chi connectivity index (χ0v) is 11.1. The van der Waals surface area contributed by atoms with Gasteiger partial charge in [-0.1, -0.05) is 21.1 Å². The number of hydrogen-bond acceptors (Lipinski definition) is 2. The van der Waals surface area contributed by atoms with E-state index in [0.29, 0.717) is 10.2 Å². The highest BCUT2D eigenvalue weighted by molar-refractivity contribution is 9.10. The monoisotopic (exact) mass is 339 g/mol. The molecule has 3 nitrogen and oxygen atoms in total. The van der Waals surface area contributed by atoms with E-state index in [4.69, 9.17) is 11.6 Å². The van der Waals surface area contributed by atoms with Gasteiger partial charge < -0.3 is 0 Å². The van der Waals surface area contributed by atoms with Crippen molar-refractivity contribution in [2.45, 2.75) is 12.1 Å². The van der Waals surface area contributed by atoms with Gasteiger partial charge in [0.25, 0.3) is 0 Å². The molecule has 0 saturated heterocycles. The second-order valence-electron chi connectivity index (χ2n) is 3.45. The SMILES string of the molecule is FC(F)(F)c1cc(Br)ccc1-n1cc(CCl)nn1. The Morgan fingerprint density at radius 1 is 1.33 bits per heavy atom. The van der Waals surface area contributed by atoms with Crippen LogP contribution < -0.4 is 0 Å². The minimum absolute atomic E-state index is 0.0884. The normalized spacial score (nSPS) is 11.8. The Labute approximate surface area is 114 Å². The van der Waals surface area contributed by atoms with E-state index in [9.17, 15) is 13.2 Å². The van der Waals surface area contributed by atoms with Gasteiger partial charge >= 0.3 is 6.18 Å². The lowest BCUT2D eigenvalue weighted by molar-refractivity contribution is -0.137. The highest BCUT2D eigenvalue weighted by Crippen LogP contribution is 2.35. The molecule has 0 saturated carbocycles. The van der Waals surface area contributed by atoms with Crippen molar-refractivity contribution in [1.29, 1.82) is 0 Å². The Balaban J connectivity index is 2.56. The molecule has 96 valence electrons. The van der Waals surface area contributed by atoms with Gasteiger partial charge in [-0.2, -0.15) is 13.2 Å². The molecule has 0 amide bonds. The van der Waals surface area contributed by atoms with E-state index in [-0.39, 0.29) is 11.6 Å². The van der Waals surface area contributed by atoms with Crippen LogP contribution in [0.25, 0.3) is 5.69 Å². The van der Waals surface area contributed by atoms with Crippen molar-refractivity contribution in [3.8, 4) is 5.69 Å². The maximum Gasteiger partial charge on any atom is 0.418 e. The van der Waals surface area contributed by atoms with Gasteiger partial charge in [-0.25, -0.2) is 4.68 Å². The molecule has 0 spiro atoms. The molecule has 0 aliphatic heterocycles. The van der Waals surface area contributed by atoms with Crippen molar-refractivity contribution in [3.05, 3.63) is 40.1 Å². The van der Waals surface area contributed by atoms with Crippen molar-refractivity contribution in [2.75, 3.05) is 0 Å². The molecular weight excluding hydrogens is 334 g/mol. The van der Waals surface area contributed by atoms with E-state index in [0.717, 1.165) is 10.7 Å². The van der Waals surface area contributed by atoms with E-state index >= 15 is 0 Å². The van der Waals surface area contributed by atoms with Gasteiger partial charge in [-0.3, -0.25) is 0 Å². The highest BCUT2D eigenvalue weighted by atomic mass is 79.9. The van der Waals surface area contributed by atoms with Gasteiger partial charge in [0.1, 0.15) is 0 Å². The number of halogens is 5. The summed E-state index contributed by atoms with van der Waals surface area (Å²) in [6.07, 6.45) is -3.10. The molecule has 2 rings (SSSR count). The molecule has 0 aliphatic carbocycles. The van der Waals surface area contributed by atoms with Gasteiger partial charge in [0.2, 0.25) is 0 Å². The van der Waals surface area contributed by atoms with Gasteiger partial charge in [0, 0.05) is 4.47 Å². The summed E-state index contributed by atoms with van der Waals surface area (Å²) in [5, 5.41) is 7.29. The second kappa shape index (κ2) is 4.89. The first kappa shape index (κ1) is 13.4. The largest absolute Gasteiger partial charge is 0.418 e. The molecule has 0 N–H and O–H groups in total. The average molecular weight is 341 g/mol. The average Bonchev–Trinajstić information content (AvgIpc) is 2.76. The fraction of sp³-hybridized carbons (Fsp3) is 0.200. The first-order valence-corrected chi connectivity index (χ1v) is 6.09. The van der Waals surface area contributed by atoms with Crippen molar-refractivity contribution in [1.82, 2.24) is 15.0 Å². The van der Waals surface area contributed by atoms with Gasteiger partial charge in [0.15, 0.2) is 0 Å². The van der Waals surface area contributed by atoms with Crippen molar-refractivity contribution >= 4 is 27.5 Å². The van der Waals surface area contributed by atoms with Crippen LogP contribution in [0.1, 0.15) is 11.3 Å². The van der Waals surface area contributed by atoms with Crippen LogP contribution in [0.2, 0.25) is 0 Å². The summed E-state index contributed by atoms with van der Waals surface area (Å²) < 4.78 is 40.1. The fourth-order valence-electron chi connectivity index (χ4n) is 1.41. The number of hydrogen-bond donors (Lipinski definition) is 0. The minimum atomic E-state index is -4.47. The molecule has 2 aromatic rings. The van der Waals surface area contributed by atoms with E-state index in [1.807, 2.05) is 0 Å². The molecular formula is C10H6BrClF3N3. The van der Waals surface area contributed by atoms with Crippen molar-refractivity contribution < 1.29 is 13.2 Å². The first-order valence-electron chi connectivity index (χ1n) is 4.76. The third kappa shape index (κ3) is 2.67. The third-order valence-electron chi connectivity index (χ3n) is 2.19. The van der Waals surface area contributed by atoms with Crippen LogP contribution >= 0.6 is 27.5 Å². The first-order chi connectivity index (χ1) is 8.41. The number of aromatic nitrogens is 3. The van der Waals surface area contributed by atoms with Crippen LogP contribution in [0.3, 0.4) is 0 Å². The molecule has 0 aliphatic rings. The Morgan fingerprint density at radius 2 is 2.06 bits per heavy atom. The summed E-state index contributed by atoms with van der Waals surface area (Å²) in [6, 6.07) is 3.82. The summed E-state index contributed by atoms with van der Waals surface area (Å²) in [5.41, 5.74) is -0.467. The molecule has 18 heavy (non-hydrogen) atoms. The summed E-state index contributed by atoms with van der Waals surface area (Å²) >= 11 is 8.55. The third-order valence-corrected chi connectivity index (χ3v) is 2.96. The lowest BCUT2D eigenvalue weighted by atomic mass is 10.1. The van der Waals surface area contributed by atoms with Crippen molar-refractivity contribution in [2.24, 2.45) is 0 Å². The molecule has 0 atom stereocenters. The summed E-state index contributed by atoms with van der Waals surface area (Å²) in [4.78, 5) is 0. The molecule has 8 heteroatoms. The Morgan fingerprint density at radius 3 is 2.61 bits per heavy atom. The maximum atomic E-state index is 12.9. The standard InChI is InChI=1S/C10H6BrClF3N3/c11-6-1-2-9(8(3-6)10(13,14)15)18-5-7(4-12)16-17-18/h1-3,5H,4H2. The Hall–Kier alpha value is -1.08. The van der Waals surface area contributed by atoms with Crippen LogP contribution in [0.5, 0.6) is 0 Å². The van der Waals surface area contributed by atoms with Crippen LogP contribution in [0.15, 0.2) is 28.9 Å². The van der Waals surface area contributed by atoms with Gasteiger partial charge in [-0.15, -0.1) is 16.7 Å². The van der Waals surface area contributed by atoms with E-state index in [2.05, 4.69) is 26.2 Å². The fourth-order valence-corrected chi connectivity index (χ4v) is 1.90. The van der Waals surface area contributed by atoms with Crippen LogP contribution in [-0.4, -0.2) is 15.0 Å². The van der Waals surface area contributed by atoms with Gasteiger partial charge in [-0.05, 0) is 18.2 Å². The lowest BCUT2D eigenvalue weighted by Gasteiger charge is -2.12. The lowest BCUT2D eigenvalue weighted by Crippen LogP contribution is -2.11. The smallest absolute Gasteiger partial charge is 0.220 e. The Bertz CT molecular complexity index is 568. The summed E-state index contributed by atoms with van der Waals surface area (Å²) in [6.45, 7) is 0. The quantitative estimate of drug-likeness (QED) is 0.779. The van der Waals surface area contributed by atoms with Crippen molar-refractivity contribution in [3.63, 3.8) is 0 Å². The van der Waals surface area contributed by atoms with Crippen LogP contribution in [0.4, 0.5) is 13.2 Å². The molecule has 0 unspecified atom stereocenters. The maximum absolute atomic E-state index is 12.9. The second-order valence-corrected chi connectivity index (χ2v) is 4.63. The summed E-state index contributed by atoms with van der Waals surface area (Å²) in [7, 11) is 0. The molecule has 1 heterocycles. The highest BCUT2D eigenvalue weighted by Gasteiger charge is 2.34. The summed E-state index contributed by atoms with van der Waals surface area (Å²) in [5.74, 6) is 0.0951. The molecule has 0 bridgehead atoms. The predicted molar refractivity (Wildman–Crippen MR) is 63.6 cm³/mol. The number of nitrogens with zero attached hydrogens (tertiary/aromatic N) is 3. The number of alkyl halides is 4. The molecule has 1 aromatic carbocycles. The number of benzene rings is 1. The molecule has 0 radical (unpaired) electrons. The Kier molecular flexibility index (Phi) is 3.63. The zero-order chi connectivity index (χ0) is 13.3. The zero-order valence-electron chi connectivity index (χ0n) is 8.75. The number of rotatable bonds is 2. The molecule has 0 fully saturated rings. The van der Waals surface area contributed by atoms with Crippen LogP contribution in [-0.2, 0) is 12.1 Å². The van der Waals surface area contributed by atoms with E-state index in [1.165, 1.54) is 18.3 Å². The predicted octanol–water partition coefficient (Wildman–Crippen LogP) is 3.79. The topological polar surface area (TPSA) is 30.7 Å². The van der Waals surface area contributed by atoms with E-state index < -0.39 is 11.7 Å². The van der Waals surface area contributed by atoms with E-state index in [1.54, 1.807) is 0 Å². The van der Waals surface area contributed by atoms with Gasteiger partial charge in [0.05, 0.1) is 29.0 Å².